The number of nitrogens with zero attached hydrogens (tertiary/aromatic N) is 2. The van der Waals surface area contributed by atoms with Gasteiger partial charge in [0.1, 0.15) is 5.82 Å². The van der Waals surface area contributed by atoms with Gasteiger partial charge in [-0.3, -0.25) is 4.79 Å². The van der Waals surface area contributed by atoms with Crippen molar-refractivity contribution in [3.05, 3.63) is 100 Å². The van der Waals surface area contributed by atoms with E-state index in [0.717, 1.165) is 28.5 Å². The summed E-state index contributed by atoms with van der Waals surface area (Å²) in [6.07, 6.45) is 5.44. The van der Waals surface area contributed by atoms with Gasteiger partial charge < -0.3 is 4.57 Å². The van der Waals surface area contributed by atoms with Crippen molar-refractivity contribution in [1.82, 2.24) is 4.57 Å². The maximum Gasteiger partial charge on any atom is 0.260 e. The average Bonchev–Trinajstić information content (AvgIpc) is 3.07. The van der Waals surface area contributed by atoms with Crippen molar-refractivity contribution in [3.63, 3.8) is 0 Å². The van der Waals surface area contributed by atoms with Crippen LogP contribution in [0.5, 0.6) is 0 Å². The summed E-state index contributed by atoms with van der Waals surface area (Å²) in [5, 5.41) is 0. The first-order valence-electron chi connectivity index (χ1n) is 9.19. The minimum atomic E-state index is -0.743. The summed E-state index contributed by atoms with van der Waals surface area (Å²) in [5.41, 5.74) is 1.72. The van der Waals surface area contributed by atoms with Gasteiger partial charge in [-0.15, -0.1) is 6.42 Å². The van der Waals surface area contributed by atoms with Crippen molar-refractivity contribution in [2.45, 2.75) is 12.5 Å². The van der Waals surface area contributed by atoms with E-state index in [1.165, 1.54) is 10.6 Å². The van der Waals surface area contributed by atoms with E-state index in [4.69, 9.17) is 6.42 Å². The van der Waals surface area contributed by atoms with Gasteiger partial charge in [0.05, 0.1) is 22.7 Å². The third-order valence-corrected chi connectivity index (χ3v) is 5.69. The molecule has 3 nitrogen and oxygen atoms in total. The first-order valence-corrected chi connectivity index (χ1v) is 10.0. The Morgan fingerprint density at radius 2 is 1.63 bits per heavy atom. The minimum Gasteiger partial charge on any atom is -0.302 e. The summed E-state index contributed by atoms with van der Waals surface area (Å²) in [4.78, 5) is 17.8. The van der Waals surface area contributed by atoms with Crippen LogP contribution in [-0.4, -0.2) is 10.5 Å². The molecule has 4 aromatic rings. The molecule has 0 bridgehead atoms. The van der Waals surface area contributed by atoms with E-state index < -0.39 is 23.5 Å². The first-order chi connectivity index (χ1) is 14.6. The number of amides is 1. The van der Waals surface area contributed by atoms with Crippen LogP contribution in [0.15, 0.2) is 77.8 Å². The summed E-state index contributed by atoms with van der Waals surface area (Å²) >= 11 is 1.03. The molecule has 1 amide bonds. The number of hydrogen-bond donors (Lipinski definition) is 0. The Hall–Kier alpha value is -3.56. The number of carbonyl (C=O) groups excluding carboxylic acids is 1. The van der Waals surface area contributed by atoms with Gasteiger partial charge in [0.15, 0.2) is 10.6 Å². The van der Waals surface area contributed by atoms with E-state index in [9.17, 15) is 13.6 Å². The van der Waals surface area contributed by atoms with Crippen molar-refractivity contribution in [2.24, 2.45) is 4.99 Å². The Morgan fingerprint density at radius 1 is 1.03 bits per heavy atom. The summed E-state index contributed by atoms with van der Waals surface area (Å²) in [7, 11) is 0. The predicted molar refractivity (Wildman–Crippen MR) is 114 cm³/mol. The van der Waals surface area contributed by atoms with Crippen LogP contribution in [0.3, 0.4) is 0 Å². The largest absolute Gasteiger partial charge is 0.302 e. The molecule has 0 spiro atoms. The molecule has 0 aliphatic heterocycles. The lowest BCUT2D eigenvalue weighted by molar-refractivity contribution is -0.118. The monoisotopic (exact) mass is 418 g/mol. The molecular weight excluding hydrogens is 402 g/mol. The molecule has 1 aromatic heterocycles. The quantitative estimate of drug-likeness (QED) is 0.435. The number of benzene rings is 3. The fourth-order valence-electron chi connectivity index (χ4n) is 3.38. The number of aromatic nitrogens is 1. The van der Waals surface area contributed by atoms with Gasteiger partial charge in [-0.2, -0.15) is 4.99 Å². The van der Waals surface area contributed by atoms with Gasteiger partial charge in [-0.25, -0.2) is 8.78 Å². The lowest BCUT2D eigenvalue weighted by atomic mass is 9.91. The Morgan fingerprint density at radius 3 is 2.20 bits per heavy atom. The lowest BCUT2D eigenvalue weighted by Crippen LogP contribution is -2.20. The molecule has 3 aromatic carbocycles. The zero-order valence-electron chi connectivity index (χ0n) is 15.8. The number of fused-ring (bicyclic) bond motifs is 1. The van der Waals surface area contributed by atoms with Crippen molar-refractivity contribution < 1.29 is 13.6 Å². The number of hydrogen-bond acceptors (Lipinski definition) is 2. The van der Waals surface area contributed by atoms with Gasteiger partial charge in [0.2, 0.25) is 0 Å². The molecule has 0 saturated heterocycles. The Kier molecular flexibility index (Phi) is 5.55. The zero-order valence-corrected chi connectivity index (χ0v) is 16.6. The van der Waals surface area contributed by atoms with Gasteiger partial charge in [-0.05, 0) is 17.2 Å². The van der Waals surface area contributed by atoms with E-state index >= 15 is 0 Å². The second-order valence-electron chi connectivity index (χ2n) is 6.61. The predicted octanol–water partition coefficient (Wildman–Crippen LogP) is 4.87. The SMILES string of the molecule is C#CCn1c(=NC(=O)C(c2ccccc2)c2ccccc2)sc2cc(F)cc(F)c21. The van der Waals surface area contributed by atoms with Crippen LogP contribution in [0, 0.1) is 24.0 Å². The minimum absolute atomic E-state index is 0.00993. The molecule has 0 aliphatic carbocycles. The molecule has 4 rings (SSSR count). The second-order valence-corrected chi connectivity index (χ2v) is 7.62. The van der Waals surface area contributed by atoms with E-state index in [1.807, 2.05) is 60.7 Å². The van der Waals surface area contributed by atoms with Crippen molar-refractivity contribution in [3.8, 4) is 12.3 Å². The molecule has 0 fully saturated rings. The number of thiazole rings is 1. The highest BCUT2D eigenvalue weighted by molar-refractivity contribution is 7.16. The average molecular weight is 418 g/mol. The third kappa shape index (κ3) is 3.80. The van der Waals surface area contributed by atoms with Crippen molar-refractivity contribution >= 4 is 27.5 Å². The Bertz CT molecular complexity index is 1280. The standard InChI is InChI=1S/C24H16F2N2OS/c1-2-13-28-22-19(26)14-18(25)15-20(22)30-24(28)27-23(29)21(16-9-5-3-6-10-16)17-11-7-4-8-12-17/h1,3-12,14-15,21H,13H2. The molecule has 0 radical (unpaired) electrons. The van der Waals surface area contributed by atoms with Crippen LogP contribution in [0.1, 0.15) is 17.0 Å². The van der Waals surface area contributed by atoms with Crippen molar-refractivity contribution in [2.75, 3.05) is 0 Å². The topological polar surface area (TPSA) is 34.4 Å². The third-order valence-electron chi connectivity index (χ3n) is 4.66. The molecule has 148 valence electrons. The van der Waals surface area contributed by atoms with E-state index in [0.29, 0.717) is 4.70 Å². The van der Waals surface area contributed by atoms with Crippen LogP contribution < -0.4 is 4.80 Å². The molecule has 0 atom stereocenters. The van der Waals surface area contributed by atoms with Crippen LogP contribution in [0.4, 0.5) is 8.78 Å². The van der Waals surface area contributed by atoms with Gasteiger partial charge in [-0.1, -0.05) is 77.9 Å². The highest BCUT2D eigenvalue weighted by Crippen LogP contribution is 2.27. The summed E-state index contributed by atoms with van der Waals surface area (Å²) in [6.45, 7) is 0.00993. The van der Waals surface area contributed by atoms with E-state index in [1.54, 1.807) is 0 Å². The summed E-state index contributed by atoms with van der Waals surface area (Å²) in [5.74, 6) is -0.0281. The molecular formula is C24H16F2N2OS. The van der Waals surface area contributed by atoms with Crippen molar-refractivity contribution in [1.29, 1.82) is 0 Å². The molecule has 6 heteroatoms. The van der Waals surface area contributed by atoms with Crippen LogP contribution in [0.2, 0.25) is 0 Å². The second kappa shape index (κ2) is 8.44. The maximum atomic E-state index is 14.4. The zero-order chi connectivity index (χ0) is 21.1. The van der Waals surface area contributed by atoms with E-state index in [-0.39, 0.29) is 16.9 Å². The Labute approximate surface area is 176 Å². The van der Waals surface area contributed by atoms with Gasteiger partial charge in [0.25, 0.3) is 5.91 Å². The van der Waals surface area contributed by atoms with E-state index in [2.05, 4.69) is 10.9 Å². The fourth-order valence-corrected chi connectivity index (χ4v) is 4.45. The fraction of sp³-hybridized carbons (Fsp3) is 0.0833. The summed E-state index contributed by atoms with van der Waals surface area (Å²) < 4.78 is 29.9. The maximum absolute atomic E-state index is 14.4. The molecule has 1 heterocycles. The number of rotatable bonds is 4. The smallest absolute Gasteiger partial charge is 0.260 e. The number of carbonyl (C=O) groups is 1. The lowest BCUT2D eigenvalue weighted by Gasteiger charge is -2.14. The molecule has 30 heavy (non-hydrogen) atoms. The molecule has 0 unspecified atom stereocenters. The highest BCUT2D eigenvalue weighted by Gasteiger charge is 2.23. The number of halogens is 2. The number of terminal acetylenes is 1. The highest BCUT2D eigenvalue weighted by atomic mass is 32.1. The summed E-state index contributed by atoms with van der Waals surface area (Å²) in [6, 6.07) is 20.6. The van der Waals surface area contributed by atoms with Gasteiger partial charge in [0, 0.05) is 6.07 Å². The Balaban J connectivity index is 1.90. The van der Waals surface area contributed by atoms with Crippen LogP contribution in [-0.2, 0) is 11.3 Å². The molecule has 0 N–H and O–H groups in total. The van der Waals surface area contributed by atoms with Crippen LogP contribution >= 0.6 is 11.3 Å². The molecule has 0 aliphatic rings. The first kappa shape index (κ1) is 19.7. The van der Waals surface area contributed by atoms with Gasteiger partial charge >= 0.3 is 0 Å². The molecule has 0 saturated carbocycles. The normalized spacial score (nSPS) is 11.7. The van der Waals surface area contributed by atoms with Crippen LogP contribution in [0.25, 0.3) is 10.2 Å².